The minimum Gasteiger partial charge on any atom is -0.342 e. The average Bonchev–Trinajstić information content (AvgIpc) is 2.64. The van der Waals surface area contributed by atoms with Crippen LogP contribution in [0.25, 0.3) is 11.4 Å². The summed E-state index contributed by atoms with van der Waals surface area (Å²) in [4.78, 5) is 6.84. The molecule has 0 aliphatic rings. The van der Waals surface area contributed by atoms with Gasteiger partial charge in [-0.3, -0.25) is 0 Å². The second-order valence-electron chi connectivity index (χ2n) is 3.61. The Kier molecular flexibility index (Phi) is 2.87. The number of imidazole rings is 1. The fraction of sp³-hybridized carbons (Fsp3) is 0.182. The van der Waals surface area contributed by atoms with Gasteiger partial charge >= 0.3 is 6.18 Å². The third-order valence-electron chi connectivity index (χ3n) is 2.25. The second kappa shape index (κ2) is 4.07. The zero-order chi connectivity index (χ0) is 12.6. The highest BCUT2D eigenvalue weighted by atomic mass is 35.5. The number of nitrogens with zero attached hydrogens (tertiary/aromatic N) is 1. The Morgan fingerprint density at radius 1 is 1.29 bits per heavy atom. The normalized spacial score (nSPS) is 11.8. The van der Waals surface area contributed by atoms with Crippen LogP contribution >= 0.6 is 11.6 Å². The summed E-state index contributed by atoms with van der Waals surface area (Å²) in [6.45, 7) is 1.77. The molecule has 1 heterocycles. The number of nitrogens with one attached hydrogen (secondary N) is 1. The number of aromatic amines is 1. The maximum absolute atomic E-state index is 12.6. The molecule has 2 aromatic rings. The number of benzene rings is 1. The van der Waals surface area contributed by atoms with Gasteiger partial charge in [0.15, 0.2) is 0 Å². The van der Waals surface area contributed by atoms with Gasteiger partial charge in [0, 0.05) is 17.5 Å². The van der Waals surface area contributed by atoms with Gasteiger partial charge in [0.1, 0.15) is 5.82 Å². The molecule has 0 spiro atoms. The molecule has 0 fully saturated rings. The summed E-state index contributed by atoms with van der Waals surface area (Å²) in [7, 11) is 0. The number of H-pyrrole nitrogens is 1. The number of hydrogen-bond donors (Lipinski definition) is 1. The Bertz CT molecular complexity index is 546. The quantitative estimate of drug-likeness (QED) is 0.823. The summed E-state index contributed by atoms with van der Waals surface area (Å²) >= 11 is 5.52. The summed E-state index contributed by atoms with van der Waals surface area (Å²) in [6, 6.07) is 3.70. The van der Waals surface area contributed by atoms with E-state index in [1.54, 1.807) is 13.1 Å². The molecule has 6 heteroatoms. The van der Waals surface area contributed by atoms with Crippen molar-refractivity contribution < 1.29 is 13.2 Å². The molecule has 0 unspecified atom stereocenters. The molecule has 2 nitrogen and oxygen atoms in total. The molecule has 0 amide bonds. The van der Waals surface area contributed by atoms with Crippen LogP contribution in [0.4, 0.5) is 13.2 Å². The van der Waals surface area contributed by atoms with Crippen LogP contribution in [-0.4, -0.2) is 9.97 Å². The molecule has 0 bridgehead atoms. The number of rotatable bonds is 1. The van der Waals surface area contributed by atoms with Crippen molar-refractivity contribution in [3.63, 3.8) is 0 Å². The van der Waals surface area contributed by atoms with E-state index in [1.807, 2.05) is 0 Å². The zero-order valence-electron chi connectivity index (χ0n) is 8.77. The van der Waals surface area contributed by atoms with E-state index in [0.29, 0.717) is 11.4 Å². The Hall–Kier alpha value is -1.49. The van der Waals surface area contributed by atoms with Gasteiger partial charge in [-0.15, -0.1) is 0 Å². The summed E-state index contributed by atoms with van der Waals surface area (Å²) in [6.07, 6.45) is -2.91. The maximum Gasteiger partial charge on any atom is 0.417 e. The first kappa shape index (κ1) is 12.0. The molecule has 0 saturated carbocycles. The van der Waals surface area contributed by atoms with Gasteiger partial charge in [-0.25, -0.2) is 4.98 Å². The van der Waals surface area contributed by atoms with E-state index in [-0.39, 0.29) is 5.02 Å². The Labute approximate surface area is 100 Å². The predicted molar refractivity (Wildman–Crippen MR) is 58.8 cm³/mol. The third kappa shape index (κ3) is 2.44. The first-order valence-corrected chi connectivity index (χ1v) is 5.14. The summed E-state index contributed by atoms with van der Waals surface area (Å²) in [5.74, 6) is 0.393. The lowest BCUT2D eigenvalue weighted by molar-refractivity contribution is -0.137. The molecule has 0 radical (unpaired) electrons. The van der Waals surface area contributed by atoms with E-state index in [2.05, 4.69) is 9.97 Å². The van der Waals surface area contributed by atoms with Gasteiger partial charge in [-0.2, -0.15) is 13.2 Å². The molecular weight excluding hydrogens is 253 g/mol. The summed E-state index contributed by atoms with van der Waals surface area (Å²) in [5, 5.41) is -0.315. The van der Waals surface area contributed by atoms with Crippen LogP contribution in [0.1, 0.15) is 11.3 Å². The number of hydrogen-bond acceptors (Lipinski definition) is 1. The first-order chi connectivity index (χ1) is 7.88. The van der Waals surface area contributed by atoms with Gasteiger partial charge in [0.2, 0.25) is 0 Å². The van der Waals surface area contributed by atoms with E-state index in [0.717, 1.165) is 11.8 Å². The highest BCUT2D eigenvalue weighted by Gasteiger charge is 2.33. The van der Waals surface area contributed by atoms with Crippen molar-refractivity contribution in [2.24, 2.45) is 0 Å². The minimum absolute atomic E-state index is 0.315. The topological polar surface area (TPSA) is 28.7 Å². The van der Waals surface area contributed by atoms with Crippen LogP contribution in [-0.2, 0) is 6.18 Å². The van der Waals surface area contributed by atoms with E-state index in [1.165, 1.54) is 12.1 Å². The van der Waals surface area contributed by atoms with Crippen molar-refractivity contribution in [1.29, 1.82) is 0 Å². The van der Waals surface area contributed by atoms with Crippen LogP contribution in [0.5, 0.6) is 0 Å². The second-order valence-corrected chi connectivity index (χ2v) is 4.01. The van der Waals surface area contributed by atoms with Crippen LogP contribution in [0, 0.1) is 6.92 Å². The highest BCUT2D eigenvalue weighted by molar-refractivity contribution is 6.31. The van der Waals surface area contributed by atoms with E-state index in [9.17, 15) is 13.2 Å². The first-order valence-electron chi connectivity index (χ1n) is 4.76. The fourth-order valence-electron chi connectivity index (χ4n) is 1.45. The lowest BCUT2D eigenvalue weighted by atomic mass is 10.1. The van der Waals surface area contributed by atoms with E-state index < -0.39 is 11.7 Å². The summed E-state index contributed by atoms with van der Waals surface area (Å²) < 4.78 is 37.9. The van der Waals surface area contributed by atoms with Gasteiger partial charge in [0.25, 0.3) is 0 Å². The monoisotopic (exact) mass is 260 g/mol. The highest BCUT2D eigenvalue weighted by Crippen LogP contribution is 2.36. The largest absolute Gasteiger partial charge is 0.417 e. The number of aromatic nitrogens is 2. The van der Waals surface area contributed by atoms with Crippen molar-refractivity contribution in [3.05, 3.63) is 40.7 Å². The Morgan fingerprint density at radius 3 is 2.53 bits per heavy atom. The van der Waals surface area contributed by atoms with Crippen LogP contribution in [0.3, 0.4) is 0 Å². The van der Waals surface area contributed by atoms with Gasteiger partial charge in [-0.1, -0.05) is 11.6 Å². The molecule has 1 aromatic heterocycles. The molecule has 0 aliphatic carbocycles. The molecule has 2 rings (SSSR count). The Balaban J connectivity index is 2.51. The Morgan fingerprint density at radius 2 is 2.00 bits per heavy atom. The minimum atomic E-state index is -4.46. The molecule has 0 saturated heterocycles. The molecule has 1 N–H and O–H groups in total. The number of aryl methyl sites for hydroxylation is 1. The standard InChI is InChI=1S/C11H8ClF3N2/c1-6-5-16-10(17-6)7-2-3-9(12)8(4-7)11(13,14)15/h2-5H,1H3,(H,16,17). The zero-order valence-corrected chi connectivity index (χ0v) is 9.52. The molecule has 17 heavy (non-hydrogen) atoms. The van der Waals surface area contributed by atoms with Crippen molar-refractivity contribution in [1.82, 2.24) is 9.97 Å². The predicted octanol–water partition coefficient (Wildman–Crippen LogP) is 4.06. The summed E-state index contributed by atoms with van der Waals surface area (Å²) in [5.41, 5.74) is 0.282. The van der Waals surface area contributed by atoms with Crippen LogP contribution < -0.4 is 0 Å². The van der Waals surface area contributed by atoms with Gasteiger partial charge < -0.3 is 4.98 Å². The molecule has 1 aromatic carbocycles. The van der Waals surface area contributed by atoms with Crippen molar-refractivity contribution in [3.8, 4) is 11.4 Å². The average molecular weight is 261 g/mol. The maximum atomic E-state index is 12.6. The van der Waals surface area contributed by atoms with E-state index in [4.69, 9.17) is 11.6 Å². The lowest BCUT2D eigenvalue weighted by Crippen LogP contribution is -2.06. The van der Waals surface area contributed by atoms with Crippen LogP contribution in [0.2, 0.25) is 5.02 Å². The van der Waals surface area contributed by atoms with Crippen LogP contribution in [0.15, 0.2) is 24.4 Å². The van der Waals surface area contributed by atoms with Crippen molar-refractivity contribution in [2.45, 2.75) is 13.1 Å². The third-order valence-corrected chi connectivity index (χ3v) is 2.58. The number of halogens is 4. The molecular formula is C11H8ClF3N2. The smallest absolute Gasteiger partial charge is 0.342 e. The van der Waals surface area contributed by atoms with Crippen molar-refractivity contribution >= 4 is 11.6 Å². The number of alkyl halides is 3. The van der Waals surface area contributed by atoms with Gasteiger partial charge in [-0.05, 0) is 25.1 Å². The van der Waals surface area contributed by atoms with Gasteiger partial charge in [0.05, 0.1) is 10.6 Å². The molecule has 0 atom stereocenters. The van der Waals surface area contributed by atoms with E-state index >= 15 is 0 Å². The van der Waals surface area contributed by atoms with Crippen molar-refractivity contribution in [2.75, 3.05) is 0 Å². The lowest BCUT2D eigenvalue weighted by Gasteiger charge is -2.09. The SMILES string of the molecule is Cc1cnc(-c2ccc(Cl)c(C(F)(F)F)c2)[nH]1. The molecule has 0 aliphatic heterocycles. The molecule has 90 valence electrons. The fourth-order valence-corrected chi connectivity index (χ4v) is 1.67.